The summed E-state index contributed by atoms with van der Waals surface area (Å²) >= 11 is 0. The van der Waals surface area contributed by atoms with Crippen molar-refractivity contribution in [1.82, 2.24) is 14.9 Å². The fraction of sp³-hybridized carbons (Fsp3) is 0.417. The summed E-state index contributed by atoms with van der Waals surface area (Å²) in [4.78, 5) is 32.6. The summed E-state index contributed by atoms with van der Waals surface area (Å²) in [6.07, 6.45) is 5.60. The zero-order valence-corrected chi connectivity index (χ0v) is 18.1. The molecule has 3 aromatic rings. The van der Waals surface area contributed by atoms with Gasteiger partial charge in [0.25, 0.3) is 0 Å². The van der Waals surface area contributed by atoms with E-state index in [4.69, 9.17) is 4.74 Å². The molecule has 7 heteroatoms. The van der Waals surface area contributed by atoms with Crippen LogP contribution in [-0.4, -0.2) is 45.4 Å². The molecule has 2 N–H and O–H groups in total. The third kappa shape index (κ3) is 3.48. The molecule has 3 aliphatic rings. The standard InChI is InChI=1S/C24H25N3O3.ClH/c28-21-14-24(30-22-13-20-19(12-18(21)22)25-23(29)26-20)7-9-27(10-8-24)17-6-5-15-3-1-2-4-16(15)11-17;/h1-4,12-13,17H,5-11,14H2,(H2,25,26,29);1H. The highest BCUT2D eigenvalue weighted by Gasteiger charge is 2.44. The maximum absolute atomic E-state index is 12.9. The van der Waals surface area contributed by atoms with E-state index < -0.39 is 5.60 Å². The van der Waals surface area contributed by atoms with Crippen LogP contribution in [0.15, 0.2) is 41.2 Å². The van der Waals surface area contributed by atoms with Gasteiger partial charge in [0.05, 0.1) is 23.0 Å². The fourth-order valence-electron chi connectivity index (χ4n) is 5.59. The van der Waals surface area contributed by atoms with Crippen molar-refractivity contribution in [1.29, 1.82) is 0 Å². The Morgan fingerprint density at radius 3 is 2.48 bits per heavy atom. The lowest BCUT2D eigenvalue weighted by Gasteiger charge is -2.46. The Morgan fingerprint density at radius 2 is 1.71 bits per heavy atom. The van der Waals surface area contributed by atoms with Crippen LogP contribution in [0.25, 0.3) is 11.0 Å². The largest absolute Gasteiger partial charge is 0.486 e. The summed E-state index contributed by atoms with van der Waals surface area (Å²) in [7, 11) is 0. The third-order valence-corrected chi connectivity index (χ3v) is 7.27. The Labute approximate surface area is 186 Å². The van der Waals surface area contributed by atoms with Crippen LogP contribution in [0.2, 0.25) is 0 Å². The van der Waals surface area contributed by atoms with Gasteiger partial charge in [-0.1, -0.05) is 24.3 Å². The number of ketones is 1. The number of likely N-dealkylation sites (tertiary alicyclic amines) is 1. The van der Waals surface area contributed by atoms with E-state index in [1.165, 1.54) is 17.5 Å². The van der Waals surface area contributed by atoms with E-state index in [1.54, 1.807) is 12.1 Å². The highest BCUT2D eigenvalue weighted by atomic mass is 35.5. The number of halogens is 1. The second-order valence-electron chi connectivity index (χ2n) is 9.06. The minimum atomic E-state index is -0.419. The van der Waals surface area contributed by atoms with Gasteiger partial charge in [0.15, 0.2) is 5.78 Å². The first kappa shape index (κ1) is 20.3. The number of aryl methyl sites for hydroxylation is 1. The summed E-state index contributed by atoms with van der Waals surface area (Å²) < 4.78 is 6.46. The zero-order valence-electron chi connectivity index (χ0n) is 17.3. The number of fused-ring (bicyclic) bond motifs is 3. The molecule has 1 aliphatic carbocycles. The molecule has 6 nitrogen and oxygen atoms in total. The van der Waals surface area contributed by atoms with Gasteiger partial charge in [0, 0.05) is 38.0 Å². The molecule has 0 radical (unpaired) electrons. The minimum Gasteiger partial charge on any atom is -0.486 e. The molecular formula is C24H26ClN3O3. The molecule has 0 amide bonds. The van der Waals surface area contributed by atoms with E-state index in [-0.39, 0.29) is 23.9 Å². The third-order valence-electron chi connectivity index (χ3n) is 7.27. The first-order valence-corrected chi connectivity index (χ1v) is 10.9. The number of carbonyl (C=O) groups is 1. The summed E-state index contributed by atoms with van der Waals surface area (Å²) in [5.41, 5.74) is 4.20. The van der Waals surface area contributed by atoms with E-state index in [0.717, 1.165) is 38.8 Å². The van der Waals surface area contributed by atoms with Gasteiger partial charge in [-0.15, -0.1) is 12.4 Å². The Balaban J connectivity index is 0.00000204. The van der Waals surface area contributed by atoms with Crippen LogP contribution < -0.4 is 10.4 Å². The number of aromatic nitrogens is 2. The normalized spacial score (nSPS) is 22.5. The van der Waals surface area contributed by atoms with Crippen LogP contribution in [0.3, 0.4) is 0 Å². The maximum Gasteiger partial charge on any atom is 0.323 e. The van der Waals surface area contributed by atoms with Crippen molar-refractivity contribution in [3.8, 4) is 5.75 Å². The molecule has 6 rings (SSSR count). The maximum atomic E-state index is 12.9. The van der Waals surface area contributed by atoms with Gasteiger partial charge in [-0.2, -0.15) is 0 Å². The lowest BCUT2D eigenvalue weighted by molar-refractivity contribution is -0.0199. The quantitative estimate of drug-likeness (QED) is 0.606. The van der Waals surface area contributed by atoms with E-state index in [1.807, 2.05) is 0 Å². The van der Waals surface area contributed by atoms with Crippen molar-refractivity contribution >= 4 is 29.2 Å². The van der Waals surface area contributed by atoms with Gasteiger partial charge in [-0.25, -0.2) is 4.79 Å². The van der Waals surface area contributed by atoms with Crippen LogP contribution in [0.1, 0.15) is 47.2 Å². The van der Waals surface area contributed by atoms with E-state index in [9.17, 15) is 9.59 Å². The van der Waals surface area contributed by atoms with Crippen molar-refractivity contribution in [2.45, 2.75) is 50.2 Å². The second kappa shape index (κ2) is 7.53. The number of carbonyl (C=O) groups excluding carboxylic acids is 1. The monoisotopic (exact) mass is 439 g/mol. The Bertz CT molecular complexity index is 1210. The average molecular weight is 440 g/mol. The summed E-state index contributed by atoms with van der Waals surface area (Å²) in [5.74, 6) is 0.717. The van der Waals surface area contributed by atoms with Gasteiger partial charge in [-0.05, 0) is 36.5 Å². The highest BCUT2D eigenvalue weighted by Crippen LogP contribution is 2.41. The summed E-state index contributed by atoms with van der Waals surface area (Å²) in [5, 5.41) is 0. The Morgan fingerprint density at radius 1 is 1.00 bits per heavy atom. The molecule has 1 saturated heterocycles. The SMILES string of the molecule is Cl.O=C1CC2(CCN(C3CCc4ccccc4C3)CC2)Oc2cc3[nH]c(=O)[nH]c3cc21. The van der Waals surface area contributed by atoms with Crippen molar-refractivity contribution in [3.05, 3.63) is 63.6 Å². The molecular weight excluding hydrogens is 414 g/mol. The number of benzene rings is 2. The number of hydrogen-bond acceptors (Lipinski definition) is 4. The van der Waals surface area contributed by atoms with E-state index in [2.05, 4.69) is 39.1 Å². The molecule has 1 aromatic heterocycles. The Kier molecular flexibility index (Phi) is 4.94. The van der Waals surface area contributed by atoms with Gasteiger partial charge < -0.3 is 14.7 Å². The van der Waals surface area contributed by atoms with Crippen molar-refractivity contribution in [2.75, 3.05) is 13.1 Å². The average Bonchev–Trinajstić information content (AvgIpc) is 3.11. The minimum absolute atomic E-state index is 0. The molecule has 1 unspecified atom stereocenters. The lowest BCUT2D eigenvalue weighted by atomic mass is 9.80. The van der Waals surface area contributed by atoms with Crippen molar-refractivity contribution in [2.24, 2.45) is 0 Å². The predicted molar refractivity (Wildman–Crippen MR) is 122 cm³/mol. The molecule has 1 spiro atoms. The van der Waals surface area contributed by atoms with Crippen LogP contribution in [-0.2, 0) is 12.8 Å². The number of piperidine rings is 1. The number of H-pyrrole nitrogens is 2. The van der Waals surface area contributed by atoms with E-state index in [0.29, 0.717) is 34.8 Å². The molecule has 2 aliphatic heterocycles. The van der Waals surface area contributed by atoms with Crippen LogP contribution in [0.5, 0.6) is 5.75 Å². The lowest BCUT2D eigenvalue weighted by Crippen LogP contribution is -2.54. The molecule has 1 fully saturated rings. The van der Waals surface area contributed by atoms with Crippen LogP contribution in [0.4, 0.5) is 0 Å². The number of aromatic amines is 2. The number of imidazole rings is 1. The van der Waals surface area contributed by atoms with Gasteiger partial charge in [-0.3, -0.25) is 9.69 Å². The first-order valence-electron chi connectivity index (χ1n) is 10.9. The smallest absolute Gasteiger partial charge is 0.323 e. The predicted octanol–water partition coefficient (Wildman–Crippen LogP) is 3.64. The van der Waals surface area contributed by atoms with E-state index >= 15 is 0 Å². The van der Waals surface area contributed by atoms with Gasteiger partial charge in [0.2, 0.25) is 0 Å². The molecule has 1 atom stereocenters. The molecule has 162 valence electrons. The molecule has 2 aromatic carbocycles. The molecule has 31 heavy (non-hydrogen) atoms. The number of nitrogens with one attached hydrogen (secondary N) is 2. The number of rotatable bonds is 1. The fourth-order valence-corrected chi connectivity index (χ4v) is 5.59. The van der Waals surface area contributed by atoms with Crippen molar-refractivity contribution < 1.29 is 9.53 Å². The van der Waals surface area contributed by atoms with Crippen LogP contribution >= 0.6 is 12.4 Å². The molecule has 0 saturated carbocycles. The van der Waals surface area contributed by atoms with Gasteiger partial charge in [0.1, 0.15) is 11.4 Å². The summed E-state index contributed by atoms with van der Waals surface area (Å²) in [6, 6.07) is 12.9. The second-order valence-corrected chi connectivity index (χ2v) is 9.06. The van der Waals surface area contributed by atoms with Crippen molar-refractivity contribution in [3.63, 3.8) is 0 Å². The number of Topliss-reactive ketones (excluding diaryl/α,β-unsaturated/α-hetero) is 1. The molecule has 0 bridgehead atoms. The number of nitrogens with zero attached hydrogens (tertiary/aromatic N) is 1. The van der Waals surface area contributed by atoms with Gasteiger partial charge >= 0.3 is 5.69 Å². The number of hydrogen-bond donors (Lipinski definition) is 2. The van der Waals surface area contributed by atoms with Crippen LogP contribution in [0, 0.1) is 0 Å². The Hall–Kier alpha value is -2.57. The highest BCUT2D eigenvalue weighted by molar-refractivity contribution is 6.03. The zero-order chi connectivity index (χ0) is 20.3. The topological polar surface area (TPSA) is 78.2 Å². The first-order chi connectivity index (χ1) is 14.6. The number of ether oxygens (including phenoxy) is 1. The molecule has 3 heterocycles. The summed E-state index contributed by atoms with van der Waals surface area (Å²) in [6.45, 7) is 1.91.